The van der Waals surface area contributed by atoms with Crippen molar-refractivity contribution in [2.24, 2.45) is 0 Å². The van der Waals surface area contributed by atoms with Crippen molar-refractivity contribution in [2.45, 2.75) is 12.8 Å². The van der Waals surface area contributed by atoms with Crippen molar-refractivity contribution in [2.75, 3.05) is 23.9 Å². The molecule has 1 N–H and O–H groups in total. The van der Waals surface area contributed by atoms with Gasteiger partial charge in [0.25, 0.3) is 5.69 Å². The highest BCUT2D eigenvalue weighted by atomic mass is 35.5. The van der Waals surface area contributed by atoms with Crippen LogP contribution in [0.3, 0.4) is 0 Å². The van der Waals surface area contributed by atoms with Crippen LogP contribution in [0.5, 0.6) is 0 Å². The summed E-state index contributed by atoms with van der Waals surface area (Å²) in [6.07, 6.45) is 4.17. The number of nitrogens with zero attached hydrogens (tertiary/aromatic N) is 1. The lowest BCUT2D eigenvalue weighted by atomic mass is 10.2. The van der Waals surface area contributed by atoms with E-state index in [0.29, 0.717) is 10.7 Å². The first-order chi connectivity index (χ1) is 8.15. The summed E-state index contributed by atoms with van der Waals surface area (Å²) in [6.45, 7) is 0.739. The molecule has 1 aromatic rings. The highest BCUT2D eigenvalue weighted by Gasteiger charge is 2.13. The fourth-order valence-corrected chi connectivity index (χ4v) is 2.06. The molecule has 0 atom stereocenters. The molecule has 0 aromatic heterocycles. The fraction of sp³-hybridized carbons (Fsp3) is 0.455. The van der Waals surface area contributed by atoms with Crippen LogP contribution in [0.25, 0.3) is 0 Å². The molecule has 1 aromatic carbocycles. The van der Waals surface area contributed by atoms with Crippen LogP contribution >= 0.6 is 23.4 Å². The normalized spacial score (nSPS) is 10.2. The van der Waals surface area contributed by atoms with Gasteiger partial charge in [-0.05, 0) is 37.0 Å². The first kappa shape index (κ1) is 14.1. The van der Waals surface area contributed by atoms with E-state index in [1.807, 2.05) is 0 Å². The third kappa shape index (κ3) is 4.83. The summed E-state index contributed by atoms with van der Waals surface area (Å²) >= 11 is 7.53. The molecule has 0 aliphatic rings. The van der Waals surface area contributed by atoms with Crippen molar-refractivity contribution in [3.05, 3.63) is 33.3 Å². The number of anilines is 1. The van der Waals surface area contributed by atoms with Gasteiger partial charge in [-0.15, -0.1) is 0 Å². The van der Waals surface area contributed by atoms with Crippen LogP contribution in [-0.2, 0) is 0 Å². The van der Waals surface area contributed by atoms with Crippen LogP contribution in [-0.4, -0.2) is 23.5 Å². The molecule has 0 aliphatic carbocycles. The van der Waals surface area contributed by atoms with E-state index in [9.17, 15) is 10.1 Å². The van der Waals surface area contributed by atoms with E-state index in [1.54, 1.807) is 23.9 Å². The second-order valence-corrected chi connectivity index (χ2v) is 4.97. The third-order valence-electron chi connectivity index (χ3n) is 2.25. The van der Waals surface area contributed by atoms with Crippen LogP contribution < -0.4 is 5.32 Å². The Balaban J connectivity index is 2.55. The number of nitro benzene ring substituents is 1. The van der Waals surface area contributed by atoms with Crippen LogP contribution in [0.4, 0.5) is 11.4 Å². The topological polar surface area (TPSA) is 55.2 Å². The molecule has 0 fully saturated rings. The van der Waals surface area contributed by atoms with Gasteiger partial charge in [0, 0.05) is 17.6 Å². The zero-order valence-corrected chi connectivity index (χ0v) is 11.2. The molecule has 0 radical (unpaired) electrons. The molecule has 4 nitrogen and oxygen atoms in total. The van der Waals surface area contributed by atoms with Gasteiger partial charge in [-0.25, -0.2) is 0 Å². The zero-order chi connectivity index (χ0) is 12.7. The number of unbranched alkanes of at least 4 members (excludes halogenated alkanes) is 1. The summed E-state index contributed by atoms with van der Waals surface area (Å²) in [6, 6.07) is 4.67. The number of nitrogens with one attached hydrogen (secondary N) is 1. The second kappa shape index (κ2) is 7.40. The summed E-state index contributed by atoms with van der Waals surface area (Å²) in [4.78, 5) is 10.4. The predicted octanol–water partition coefficient (Wildman–Crippen LogP) is 3.80. The second-order valence-electron chi connectivity index (χ2n) is 3.55. The van der Waals surface area contributed by atoms with E-state index < -0.39 is 4.92 Å². The molecule has 0 amide bonds. The number of thioether (sulfide) groups is 1. The Kier molecular flexibility index (Phi) is 6.15. The van der Waals surface area contributed by atoms with E-state index in [1.165, 1.54) is 6.07 Å². The quantitative estimate of drug-likeness (QED) is 0.467. The van der Waals surface area contributed by atoms with Crippen molar-refractivity contribution in [3.63, 3.8) is 0 Å². The molecular formula is C11H15ClN2O2S. The molecule has 94 valence electrons. The summed E-state index contributed by atoms with van der Waals surface area (Å²) in [5, 5.41) is 14.3. The molecule has 17 heavy (non-hydrogen) atoms. The van der Waals surface area contributed by atoms with Crippen LogP contribution in [0, 0.1) is 10.1 Å². The van der Waals surface area contributed by atoms with E-state index in [0.717, 1.165) is 25.1 Å². The van der Waals surface area contributed by atoms with Gasteiger partial charge in [0.05, 0.1) is 4.92 Å². The Morgan fingerprint density at radius 1 is 1.47 bits per heavy atom. The minimum absolute atomic E-state index is 0.0300. The Bertz CT molecular complexity index is 388. The van der Waals surface area contributed by atoms with E-state index >= 15 is 0 Å². The van der Waals surface area contributed by atoms with Gasteiger partial charge in [-0.1, -0.05) is 11.6 Å². The zero-order valence-electron chi connectivity index (χ0n) is 9.61. The molecule has 0 heterocycles. The Labute approximate surface area is 110 Å². The van der Waals surface area contributed by atoms with Gasteiger partial charge in [0.1, 0.15) is 5.69 Å². The summed E-state index contributed by atoms with van der Waals surface area (Å²) in [5.74, 6) is 1.12. The predicted molar refractivity (Wildman–Crippen MR) is 74.2 cm³/mol. The maximum Gasteiger partial charge on any atom is 0.293 e. The minimum Gasteiger partial charge on any atom is -0.379 e. The Hall–Kier alpha value is -0.940. The summed E-state index contributed by atoms with van der Waals surface area (Å²) in [5.41, 5.74) is 0.561. The average Bonchev–Trinajstić information content (AvgIpc) is 2.30. The molecule has 0 spiro atoms. The molecule has 0 unspecified atom stereocenters. The van der Waals surface area contributed by atoms with Crippen molar-refractivity contribution >= 4 is 34.7 Å². The van der Waals surface area contributed by atoms with E-state index in [2.05, 4.69) is 11.6 Å². The van der Waals surface area contributed by atoms with E-state index in [-0.39, 0.29) is 5.69 Å². The Morgan fingerprint density at radius 2 is 2.24 bits per heavy atom. The average molecular weight is 275 g/mol. The van der Waals surface area contributed by atoms with Crippen molar-refractivity contribution in [1.82, 2.24) is 0 Å². The highest BCUT2D eigenvalue weighted by Crippen LogP contribution is 2.27. The van der Waals surface area contributed by atoms with Gasteiger partial charge in [0.2, 0.25) is 0 Å². The lowest BCUT2D eigenvalue weighted by Crippen LogP contribution is -2.04. The fourth-order valence-electron chi connectivity index (χ4n) is 1.40. The lowest BCUT2D eigenvalue weighted by Gasteiger charge is -2.06. The first-order valence-corrected chi connectivity index (χ1v) is 7.09. The van der Waals surface area contributed by atoms with Gasteiger partial charge < -0.3 is 5.32 Å². The number of nitro groups is 1. The van der Waals surface area contributed by atoms with Gasteiger partial charge in [-0.3, -0.25) is 10.1 Å². The highest BCUT2D eigenvalue weighted by molar-refractivity contribution is 7.98. The van der Waals surface area contributed by atoms with Gasteiger partial charge in [-0.2, -0.15) is 11.8 Å². The first-order valence-electron chi connectivity index (χ1n) is 5.32. The number of halogens is 1. The molecule has 0 saturated heterocycles. The number of hydrogen-bond donors (Lipinski definition) is 1. The minimum atomic E-state index is -0.421. The molecule has 1 rings (SSSR count). The monoisotopic (exact) mass is 274 g/mol. The van der Waals surface area contributed by atoms with E-state index in [4.69, 9.17) is 11.6 Å². The standard InChI is InChI=1S/C11H15ClN2O2S/c1-17-7-3-2-6-13-10-5-4-9(12)8-11(10)14(15)16/h4-5,8,13H,2-3,6-7H2,1H3. The van der Waals surface area contributed by atoms with Crippen molar-refractivity contribution < 1.29 is 4.92 Å². The number of benzene rings is 1. The maximum atomic E-state index is 10.8. The molecule has 0 aliphatic heterocycles. The largest absolute Gasteiger partial charge is 0.379 e. The van der Waals surface area contributed by atoms with Gasteiger partial charge >= 0.3 is 0 Å². The number of hydrogen-bond acceptors (Lipinski definition) is 4. The lowest BCUT2D eigenvalue weighted by molar-refractivity contribution is -0.383. The summed E-state index contributed by atoms with van der Waals surface area (Å²) in [7, 11) is 0. The summed E-state index contributed by atoms with van der Waals surface area (Å²) < 4.78 is 0. The van der Waals surface area contributed by atoms with Crippen molar-refractivity contribution in [3.8, 4) is 0 Å². The molecule has 0 saturated carbocycles. The third-order valence-corrected chi connectivity index (χ3v) is 3.18. The Morgan fingerprint density at radius 3 is 2.88 bits per heavy atom. The van der Waals surface area contributed by atoms with Crippen LogP contribution in [0.1, 0.15) is 12.8 Å². The smallest absolute Gasteiger partial charge is 0.293 e. The van der Waals surface area contributed by atoms with Gasteiger partial charge in [0.15, 0.2) is 0 Å². The SMILES string of the molecule is CSCCCCNc1ccc(Cl)cc1[N+](=O)[O-]. The van der Waals surface area contributed by atoms with Crippen LogP contribution in [0.2, 0.25) is 5.02 Å². The van der Waals surface area contributed by atoms with Crippen molar-refractivity contribution in [1.29, 1.82) is 0 Å². The van der Waals surface area contributed by atoms with Crippen LogP contribution in [0.15, 0.2) is 18.2 Å². The molecule has 0 bridgehead atoms. The molecular weight excluding hydrogens is 260 g/mol. The number of rotatable bonds is 7. The maximum absolute atomic E-state index is 10.8. The molecule has 6 heteroatoms.